The molecule has 2 N–H and O–H groups in total. The quantitative estimate of drug-likeness (QED) is 0.820. The van der Waals surface area contributed by atoms with Gasteiger partial charge in [-0.2, -0.15) is 0 Å². The molecule has 1 saturated heterocycles. The number of nitrogens with two attached hydrogens (primary N) is 1. The van der Waals surface area contributed by atoms with Crippen LogP contribution in [0.2, 0.25) is 0 Å². The van der Waals surface area contributed by atoms with Gasteiger partial charge in [0, 0.05) is 12.1 Å². The molecule has 0 spiro atoms. The monoisotopic (exact) mass is 266 g/mol. The molecule has 1 aliphatic carbocycles. The van der Waals surface area contributed by atoms with Crippen molar-refractivity contribution < 1.29 is 0 Å². The van der Waals surface area contributed by atoms with Crippen LogP contribution in [0.5, 0.6) is 0 Å². The molecule has 1 aliphatic heterocycles. The van der Waals surface area contributed by atoms with Gasteiger partial charge in [0.25, 0.3) is 0 Å². The largest absolute Gasteiger partial charge is 0.329 e. The number of likely N-dealkylation sites (tertiary alicyclic amines) is 1. The second kappa shape index (κ2) is 7.08. The zero-order chi connectivity index (χ0) is 13.7. The van der Waals surface area contributed by atoms with Crippen molar-refractivity contribution in [3.63, 3.8) is 0 Å². The van der Waals surface area contributed by atoms with Gasteiger partial charge >= 0.3 is 0 Å². The topological polar surface area (TPSA) is 29.3 Å². The molecular weight excluding hydrogens is 232 g/mol. The lowest BCUT2D eigenvalue weighted by molar-refractivity contribution is 0.0974. The normalized spacial score (nSPS) is 37.4. The molecule has 1 heterocycles. The minimum Gasteiger partial charge on any atom is -0.329 e. The van der Waals surface area contributed by atoms with Gasteiger partial charge in [0.1, 0.15) is 0 Å². The molecule has 2 nitrogen and oxygen atoms in total. The standard InChI is InChI=1S/C17H34N2/c1-3-6-16-7-5-11-19(12-9-16)17(14-18)10-8-15(4-2)13-17/h15-16H,3-14,18H2,1-2H3. The highest BCUT2D eigenvalue weighted by Gasteiger charge is 2.42. The Balaban J connectivity index is 1.96. The molecule has 1 saturated carbocycles. The van der Waals surface area contributed by atoms with Crippen molar-refractivity contribution in [1.82, 2.24) is 4.90 Å². The molecule has 2 rings (SSSR count). The van der Waals surface area contributed by atoms with Crippen LogP contribution in [0.1, 0.15) is 71.6 Å². The van der Waals surface area contributed by atoms with Crippen LogP contribution in [0.4, 0.5) is 0 Å². The van der Waals surface area contributed by atoms with Crippen LogP contribution in [0.15, 0.2) is 0 Å². The van der Waals surface area contributed by atoms with Gasteiger partial charge in [-0.3, -0.25) is 4.90 Å². The van der Waals surface area contributed by atoms with Gasteiger partial charge in [-0.25, -0.2) is 0 Å². The summed E-state index contributed by atoms with van der Waals surface area (Å²) in [6.45, 7) is 8.15. The molecule has 2 heteroatoms. The molecule has 0 radical (unpaired) electrons. The maximum Gasteiger partial charge on any atom is 0.0334 e. The summed E-state index contributed by atoms with van der Waals surface area (Å²) in [5.74, 6) is 1.91. The Morgan fingerprint density at radius 1 is 1.11 bits per heavy atom. The second-order valence-electron chi connectivity index (χ2n) is 7.02. The Kier molecular flexibility index (Phi) is 5.70. The Morgan fingerprint density at radius 2 is 1.95 bits per heavy atom. The molecule has 0 aromatic carbocycles. The lowest BCUT2D eigenvalue weighted by atomic mass is 9.92. The minimum atomic E-state index is 0.363. The van der Waals surface area contributed by atoms with Crippen LogP contribution < -0.4 is 5.73 Å². The molecule has 0 aromatic rings. The van der Waals surface area contributed by atoms with Gasteiger partial charge in [0.15, 0.2) is 0 Å². The van der Waals surface area contributed by atoms with E-state index in [0.717, 1.165) is 18.4 Å². The van der Waals surface area contributed by atoms with Crippen LogP contribution in [-0.2, 0) is 0 Å². The van der Waals surface area contributed by atoms with Gasteiger partial charge in [0.05, 0.1) is 0 Å². The zero-order valence-electron chi connectivity index (χ0n) is 13.2. The van der Waals surface area contributed by atoms with Gasteiger partial charge < -0.3 is 5.73 Å². The van der Waals surface area contributed by atoms with E-state index in [0.29, 0.717) is 5.54 Å². The van der Waals surface area contributed by atoms with E-state index in [-0.39, 0.29) is 0 Å². The average Bonchev–Trinajstić information content (AvgIpc) is 2.73. The van der Waals surface area contributed by atoms with E-state index in [1.165, 1.54) is 70.9 Å². The second-order valence-corrected chi connectivity index (χ2v) is 7.02. The third-order valence-corrected chi connectivity index (χ3v) is 5.86. The van der Waals surface area contributed by atoms with E-state index in [1.54, 1.807) is 0 Å². The summed E-state index contributed by atoms with van der Waals surface area (Å²) in [6.07, 6.45) is 12.5. The SMILES string of the molecule is CCCC1CCCN(C2(CN)CCC(CC)C2)CC1. The summed E-state index contributed by atoms with van der Waals surface area (Å²) in [6, 6.07) is 0. The van der Waals surface area contributed by atoms with Gasteiger partial charge in [0.2, 0.25) is 0 Å². The summed E-state index contributed by atoms with van der Waals surface area (Å²) >= 11 is 0. The Morgan fingerprint density at radius 3 is 2.58 bits per heavy atom. The van der Waals surface area contributed by atoms with E-state index in [4.69, 9.17) is 5.73 Å². The van der Waals surface area contributed by atoms with Crippen molar-refractivity contribution in [3.8, 4) is 0 Å². The van der Waals surface area contributed by atoms with E-state index in [1.807, 2.05) is 0 Å². The third kappa shape index (κ3) is 3.52. The van der Waals surface area contributed by atoms with E-state index in [2.05, 4.69) is 18.7 Å². The van der Waals surface area contributed by atoms with Crippen LogP contribution in [0, 0.1) is 11.8 Å². The molecule has 0 aromatic heterocycles. The molecule has 112 valence electrons. The van der Waals surface area contributed by atoms with Gasteiger partial charge in [-0.15, -0.1) is 0 Å². The molecule has 3 unspecified atom stereocenters. The summed E-state index contributed by atoms with van der Waals surface area (Å²) in [5.41, 5.74) is 6.58. The van der Waals surface area contributed by atoms with Crippen molar-refractivity contribution in [1.29, 1.82) is 0 Å². The summed E-state index contributed by atoms with van der Waals surface area (Å²) < 4.78 is 0. The first-order valence-corrected chi connectivity index (χ1v) is 8.69. The number of rotatable bonds is 5. The van der Waals surface area contributed by atoms with E-state index >= 15 is 0 Å². The number of hydrogen-bond acceptors (Lipinski definition) is 2. The molecule has 0 amide bonds. The number of nitrogens with zero attached hydrogens (tertiary/aromatic N) is 1. The van der Waals surface area contributed by atoms with E-state index in [9.17, 15) is 0 Å². The fraction of sp³-hybridized carbons (Fsp3) is 1.00. The predicted octanol–water partition coefficient (Wildman–Crippen LogP) is 3.80. The van der Waals surface area contributed by atoms with Gasteiger partial charge in [-0.1, -0.05) is 33.1 Å². The van der Waals surface area contributed by atoms with Crippen molar-refractivity contribution >= 4 is 0 Å². The van der Waals surface area contributed by atoms with Crippen LogP contribution in [0.25, 0.3) is 0 Å². The average molecular weight is 266 g/mol. The van der Waals surface area contributed by atoms with Crippen molar-refractivity contribution in [2.45, 2.75) is 77.2 Å². The van der Waals surface area contributed by atoms with Crippen molar-refractivity contribution in [3.05, 3.63) is 0 Å². The maximum atomic E-state index is 6.22. The predicted molar refractivity (Wildman–Crippen MR) is 83.2 cm³/mol. The minimum absolute atomic E-state index is 0.363. The molecule has 2 aliphatic rings. The Hall–Kier alpha value is -0.0800. The molecular formula is C17H34N2. The lowest BCUT2D eigenvalue weighted by Gasteiger charge is -2.40. The first-order chi connectivity index (χ1) is 9.24. The van der Waals surface area contributed by atoms with E-state index < -0.39 is 0 Å². The fourth-order valence-electron chi connectivity index (χ4n) is 4.50. The van der Waals surface area contributed by atoms with Crippen molar-refractivity contribution in [2.24, 2.45) is 17.6 Å². The summed E-state index contributed by atoms with van der Waals surface area (Å²) in [4.78, 5) is 2.79. The first kappa shape index (κ1) is 15.3. The first-order valence-electron chi connectivity index (χ1n) is 8.69. The highest BCUT2D eigenvalue weighted by atomic mass is 15.2. The number of hydrogen-bond donors (Lipinski definition) is 1. The maximum absolute atomic E-state index is 6.22. The highest BCUT2D eigenvalue weighted by Crippen LogP contribution is 2.41. The molecule has 0 bridgehead atoms. The highest BCUT2D eigenvalue weighted by molar-refractivity contribution is 4.99. The Labute approximate surface area is 120 Å². The summed E-state index contributed by atoms with van der Waals surface area (Å²) in [5, 5.41) is 0. The van der Waals surface area contributed by atoms with Crippen LogP contribution in [0.3, 0.4) is 0 Å². The smallest absolute Gasteiger partial charge is 0.0334 e. The lowest BCUT2D eigenvalue weighted by Crippen LogP contribution is -2.52. The molecule has 19 heavy (non-hydrogen) atoms. The Bertz CT molecular complexity index is 266. The fourth-order valence-corrected chi connectivity index (χ4v) is 4.50. The molecule has 2 fully saturated rings. The van der Waals surface area contributed by atoms with Crippen LogP contribution >= 0.6 is 0 Å². The molecule has 3 atom stereocenters. The van der Waals surface area contributed by atoms with Crippen LogP contribution in [-0.4, -0.2) is 30.1 Å². The van der Waals surface area contributed by atoms with Crippen molar-refractivity contribution in [2.75, 3.05) is 19.6 Å². The third-order valence-electron chi connectivity index (χ3n) is 5.86. The summed E-state index contributed by atoms with van der Waals surface area (Å²) in [7, 11) is 0. The zero-order valence-corrected chi connectivity index (χ0v) is 13.2. The van der Waals surface area contributed by atoms with Gasteiger partial charge in [-0.05, 0) is 63.5 Å².